The maximum Gasteiger partial charge on any atom is 0.104 e. The molecule has 0 saturated carbocycles. The van der Waals surface area contributed by atoms with Crippen LogP contribution in [0.5, 0.6) is 0 Å². The number of hydrogen-bond acceptors (Lipinski definition) is 2. The molecule has 0 aliphatic carbocycles. The van der Waals surface area contributed by atoms with Crippen molar-refractivity contribution in [3.05, 3.63) is 34.9 Å². The van der Waals surface area contributed by atoms with Crippen LogP contribution in [0.15, 0.2) is 24.3 Å². The summed E-state index contributed by atoms with van der Waals surface area (Å²) in [4.78, 5) is 0. The molecular formula is C11H16ClNO. The Hall–Kier alpha value is -0.570. The van der Waals surface area contributed by atoms with Crippen LogP contribution in [0.1, 0.15) is 19.4 Å². The first-order chi connectivity index (χ1) is 6.50. The lowest BCUT2D eigenvalue weighted by Gasteiger charge is -2.31. The SMILES string of the molecule is CC(C)C(O)(CN)c1ccc(Cl)cc1. The molecule has 0 heterocycles. The Morgan fingerprint density at radius 2 is 1.86 bits per heavy atom. The molecule has 3 heteroatoms. The molecule has 0 amide bonds. The van der Waals surface area contributed by atoms with Gasteiger partial charge >= 0.3 is 0 Å². The highest BCUT2D eigenvalue weighted by atomic mass is 35.5. The van der Waals surface area contributed by atoms with Crippen molar-refractivity contribution in [3.63, 3.8) is 0 Å². The molecule has 78 valence electrons. The van der Waals surface area contributed by atoms with Gasteiger partial charge in [0.25, 0.3) is 0 Å². The molecule has 0 radical (unpaired) electrons. The summed E-state index contributed by atoms with van der Waals surface area (Å²) in [5.41, 5.74) is 5.46. The van der Waals surface area contributed by atoms with Gasteiger partial charge in [-0.25, -0.2) is 0 Å². The maximum atomic E-state index is 10.3. The second-order valence-corrected chi connectivity index (χ2v) is 4.23. The van der Waals surface area contributed by atoms with E-state index in [1.807, 2.05) is 26.0 Å². The number of halogens is 1. The number of benzene rings is 1. The summed E-state index contributed by atoms with van der Waals surface area (Å²) >= 11 is 5.77. The van der Waals surface area contributed by atoms with E-state index >= 15 is 0 Å². The Morgan fingerprint density at radius 3 is 2.21 bits per heavy atom. The standard InChI is InChI=1S/C11H16ClNO/c1-8(2)11(14,7-13)9-3-5-10(12)6-4-9/h3-6,8,14H,7,13H2,1-2H3. The maximum absolute atomic E-state index is 10.3. The van der Waals surface area contributed by atoms with Gasteiger partial charge in [-0.15, -0.1) is 0 Å². The smallest absolute Gasteiger partial charge is 0.104 e. The summed E-state index contributed by atoms with van der Waals surface area (Å²) in [6, 6.07) is 7.16. The van der Waals surface area contributed by atoms with Gasteiger partial charge in [0.15, 0.2) is 0 Å². The van der Waals surface area contributed by atoms with E-state index in [0.717, 1.165) is 5.56 Å². The fourth-order valence-corrected chi connectivity index (χ4v) is 1.55. The van der Waals surface area contributed by atoms with E-state index in [1.54, 1.807) is 12.1 Å². The average molecular weight is 214 g/mol. The molecule has 3 N–H and O–H groups in total. The number of aliphatic hydroxyl groups is 1. The van der Waals surface area contributed by atoms with Gasteiger partial charge in [-0.1, -0.05) is 37.6 Å². The Morgan fingerprint density at radius 1 is 1.36 bits per heavy atom. The molecule has 0 aliphatic heterocycles. The van der Waals surface area contributed by atoms with Crippen LogP contribution in [0.25, 0.3) is 0 Å². The van der Waals surface area contributed by atoms with Crippen LogP contribution < -0.4 is 5.73 Å². The molecule has 0 fully saturated rings. The summed E-state index contributed by atoms with van der Waals surface area (Å²) in [5.74, 6) is 0.0775. The second kappa shape index (κ2) is 4.30. The second-order valence-electron chi connectivity index (χ2n) is 3.79. The molecule has 0 aliphatic rings. The predicted octanol–water partition coefficient (Wildman–Crippen LogP) is 2.14. The van der Waals surface area contributed by atoms with Crippen molar-refractivity contribution in [2.45, 2.75) is 19.4 Å². The van der Waals surface area contributed by atoms with Crippen LogP contribution >= 0.6 is 11.6 Å². The minimum absolute atomic E-state index is 0.0775. The summed E-state index contributed by atoms with van der Waals surface area (Å²) in [7, 11) is 0. The highest BCUT2D eigenvalue weighted by Crippen LogP contribution is 2.29. The average Bonchev–Trinajstić information content (AvgIpc) is 2.17. The molecular weight excluding hydrogens is 198 g/mol. The molecule has 1 unspecified atom stereocenters. The van der Waals surface area contributed by atoms with Crippen molar-refractivity contribution >= 4 is 11.6 Å². The Kier molecular flexibility index (Phi) is 3.53. The van der Waals surface area contributed by atoms with Crippen LogP contribution in [-0.2, 0) is 5.60 Å². The van der Waals surface area contributed by atoms with Crippen LogP contribution in [0.4, 0.5) is 0 Å². The van der Waals surface area contributed by atoms with Crippen molar-refractivity contribution in [1.82, 2.24) is 0 Å². The quantitative estimate of drug-likeness (QED) is 0.808. The van der Waals surface area contributed by atoms with Crippen molar-refractivity contribution in [1.29, 1.82) is 0 Å². The van der Waals surface area contributed by atoms with Crippen LogP contribution in [0.3, 0.4) is 0 Å². The first-order valence-corrected chi connectivity index (χ1v) is 5.07. The van der Waals surface area contributed by atoms with Crippen LogP contribution in [0.2, 0.25) is 5.02 Å². The van der Waals surface area contributed by atoms with Gasteiger partial charge in [-0.2, -0.15) is 0 Å². The largest absolute Gasteiger partial charge is 0.384 e. The molecule has 0 bridgehead atoms. The predicted molar refractivity (Wildman–Crippen MR) is 59.2 cm³/mol. The van der Waals surface area contributed by atoms with Gasteiger partial charge in [0.05, 0.1) is 0 Å². The van der Waals surface area contributed by atoms with Gasteiger partial charge < -0.3 is 10.8 Å². The van der Waals surface area contributed by atoms with Crippen molar-refractivity contribution in [2.24, 2.45) is 11.7 Å². The minimum atomic E-state index is -0.954. The molecule has 14 heavy (non-hydrogen) atoms. The molecule has 1 rings (SSSR count). The van der Waals surface area contributed by atoms with Gasteiger partial charge in [0, 0.05) is 11.6 Å². The van der Waals surface area contributed by atoms with Crippen LogP contribution in [-0.4, -0.2) is 11.7 Å². The molecule has 1 atom stereocenters. The van der Waals surface area contributed by atoms with E-state index in [0.29, 0.717) is 5.02 Å². The lowest BCUT2D eigenvalue weighted by molar-refractivity contribution is -0.00113. The van der Waals surface area contributed by atoms with Crippen molar-refractivity contribution < 1.29 is 5.11 Å². The zero-order chi connectivity index (χ0) is 10.8. The normalized spacial score (nSPS) is 15.6. The molecule has 0 saturated heterocycles. The summed E-state index contributed by atoms with van der Waals surface area (Å²) in [5, 5.41) is 11.0. The molecule has 0 aromatic heterocycles. The van der Waals surface area contributed by atoms with Gasteiger partial charge in [0.1, 0.15) is 5.60 Å². The fraction of sp³-hybridized carbons (Fsp3) is 0.455. The third-order valence-electron chi connectivity index (χ3n) is 2.61. The number of rotatable bonds is 3. The zero-order valence-electron chi connectivity index (χ0n) is 8.50. The van der Waals surface area contributed by atoms with Crippen LogP contribution in [0, 0.1) is 5.92 Å². The zero-order valence-corrected chi connectivity index (χ0v) is 9.25. The highest BCUT2D eigenvalue weighted by molar-refractivity contribution is 6.30. The van der Waals surface area contributed by atoms with E-state index in [1.165, 1.54) is 0 Å². The summed E-state index contributed by atoms with van der Waals surface area (Å²) < 4.78 is 0. The fourth-order valence-electron chi connectivity index (χ4n) is 1.43. The molecule has 0 spiro atoms. The van der Waals surface area contributed by atoms with Crippen molar-refractivity contribution in [2.75, 3.05) is 6.54 Å². The molecule has 1 aromatic carbocycles. The Bertz CT molecular complexity index is 297. The monoisotopic (exact) mass is 213 g/mol. The summed E-state index contributed by atoms with van der Waals surface area (Å²) in [6.45, 7) is 4.11. The molecule has 1 aromatic rings. The number of hydrogen-bond donors (Lipinski definition) is 2. The van der Waals surface area contributed by atoms with Gasteiger partial charge in [-0.3, -0.25) is 0 Å². The third-order valence-corrected chi connectivity index (χ3v) is 2.86. The third kappa shape index (κ3) is 2.08. The lowest BCUT2D eigenvalue weighted by atomic mass is 9.83. The van der Waals surface area contributed by atoms with E-state index in [9.17, 15) is 5.11 Å². The first-order valence-electron chi connectivity index (χ1n) is 4.69. The number of nitrogens with two attached hydrogens (primary N) is 1. The first kappa shape index (κ1) is 11.5. The van der Waals surface area contributed by atoms with E-state index < -0.39 is 5.60 Å². The van der Waals surface area contributed by atoms with E-state index in [-0.39, 0.29) is 12.5 Å². The lowest BCUT2D eigenvalue weighted by Crippen LogP contribution is -2.39. The van der Waals surface area contributed by atoms with Gasteiger partial charge in [0.2, 0.25) is 0 Å². The van der Waals surface area contributed by atoms with Gasteiger partial charge in [-0.05, 0) is 23.6 Å². The highest BCUT2D eigenvalue weighted by Gasteiger charge is 2.31. The summed E-state index contributed by atoms with van der Waals surface area (Å²) in [6.07, 6.45) is 0. The van der Waals surface area contributed by atoms with E-state index in [2.05, 4.69) is 0 Å². The van der Waals surface area contributed by atoms with Crippen molar-refractivity contribution in [3.8, 4) is 0 Å². The Balaban J connectivity index is 3.06. The van der Waals surface area contributed by atoms with E-state index in [4.69, 9.17) is 17.3 Å². The minimum Gasteiger partial charge on any atom is -0.384 e. The molecule has 2 nitrogen and oxygen atoms in total. The Labute approximate surface area is 89.7 Å². The topological polar surface area (TPSA) is 46.2 Å².